The van der Waals surface area contributed by atoms with Crippen molar-refractivity contribution in [1.82, 2.24) is 0 Å². The predicted octanol–water partition coefficient (Wildman–Crippen LogP) is 5.26. The second-order valence-electron chi connectivity index (χ2n) is 9.23. The van der Waals surface area contributed by atoms with E-state index >= 15 is 0 Å². The maximum absolute atomic E-state index is 12.6. The zero-order chi connectivity index (χ0) is 25.6. The lowest BCUT2D eigenvalue weighted by molar-refractivity contribution is -0.117. The maximum Gasteiger partial charge on any atom is 0.335 e. The molecule has 3 aromatic rings. The summed E-state index contributed by atoms with van der Waals surface area (Å²) in [5.41, 5.74) is 2.40. The summed E-state index contributed by atoms with van der Waals surface area (Å²) in [6, 6.07) is 18.8. The van der Waals surface area contributed by atoms with Gasteiger partial charge < -0.3 is 21.1 Å². The van der Waals surface area contributed by atoms with Gasteiger partial charge in [0.2, 0.25) is 5.91 Å². The van der Waals surface area contributed by atoms with Crippen LogP contribution in [0.5, 0.6) is 0 Å². The number of carboxylic acid groups (broad SMARTS) is 1. The smallest absolute Gasteiger partial charge is 0.335 e. The lowest BCUT2D eigenvalue weighted by Crippen LogP contribution is -2.19. The molecule has 0 heterocycles. The van der Waals surface area contributed by atoms with Gasteiger partial charge in [-0.3, -0.25) is 14.4 Å². The van der Waals surface area contributed by atoms with E-state index < -0.39 is 5.97 Å². The highest BCUT2D eigenvalue weighted by Gasteiger charge is 2.16. The highest BCUT2D eigenvalue weighted by molar-refractivity contribution is 6.06. The van der Waals surface area contributed by atoms with E-state index in [-0.39, 0.29) is 28.7 Å². The Morgan fingerprint density at radius 3 is 1.29 bits per heavy atom. The summed E-state index contributed by atoms with van der Waals surface area (Å²) in [5, 5.41) is 17.2. The second kappa shape index (κ2) is 10.6. The van der Waals surface area contributed by atoms with Crippen molar-refractivity contribution >= 4 is 40.8 Å². The van der Waals surface area contributed by atoms with Crippen LogP contribution in [0.15, 0.2) is 72.8 Å². The molecule has 0 spiro atoms. The molecule has 35 heavy (non-hydrogen) atoms. The Morgan fingerprint density at radius 1 is 0.600 bits per heavy atom. The van der Waals surface area contributed by atoms with Gasteiger partial charge in [-0.1, -0.05) is 20.8 Å². The number of anilines is 3. The molecule has 0 aromatic heterocycles. The van der Waals surface area contributed by atoms with E-state index in [1.54, 1.807) is 48.5 Å². The van der Waals surface area contributed by atoms with E-state index in [4.69, 9.17) is 5.11 Å². The van der Waals surface area contributed by atoms with E-state index in [0.717, 1.165) is 0 Å². The number of nitrogens with one attached hydrogen (secondary N) is 3. The van der Waals surface area contributed by atoms with Crippen LogP contribution in [0.2, 0.25) is 0 Å². The molecule has 0 atom stereocenters. The Kier molecular flexibility index (Phi) is 7.66. The van der Waals surface area contributed by atoms with Gasteiger partial charge in [0.25, 0.3) is 11.8 Å². The van der Waals surface area contributed by atoms with E-state index in [2.05, 4.69) is 16.0 Å². The molecule has 0 aliphatic rings. The Balaban J connectivity index is 1.56. The fourth-order valence-electron chi connectivity index (χ4n) is 3.20. The summed E-state index contributed by atoms with van der Waals surface area (Å²) in [5.74, 6) is -1.82. The fourth-order valence-corrected chi connectivity index (χ4v) is 3.20. The Hall–Kier alpha value is -4.46. The molecule has 3 rings (SSSR count). The number of carbonyl (C=O) groups excluding carboxylic acids is 3. The van der Waals surface area contributed by atoms with E-state index in [0.29, 0.717) is 34.6 Å². The van der Waals surface area contributed by atoms with Gasteiger partial charge in [0.1, 0.15) is 0 Å². The number of carboxylic acids is 1. The van der Waals surface area contributed by atoms with Crippen LogP contribution in [0.25, 0.3) is 0 Å². The first kappa shape index (κ1) is 25.2. The minimum atomic E-state index is -1.04. The molecule has 0 bridgehead atoms. The van der Waals surface area contributed by atoms with Crippen LogP contribution in [0.3, 0.4) is 0 Å². The van der Waals surface area contributed by atoms with Gasteiger partial charge in [-0.25, -0.2) is 4.79 Å². The zero-order valence-corrected chi connectivity index (χ0v) is 19.7. The lowest BCUT2D eigenvalue weighted by Gasteiger charge is -2.17. The minimum Gasteiger partial charge on any atom is -0.478 e. The summed E-state index contributed by atoms with van der Waals surface area (Å²) in [4.78, 5) is 48.0. The van der Waals surface area contributed by atoms with Gasteiger partial charge >= 0.3 is 5.97 Å². The van der Waals surface area contributed by atoms with Crippen LogP contribution in [-0.2, 0) is 4.79 Å². The number of carbonyl (C=O) groups is 4. The topological polar surface area (TPSA) is 125 Å². The van der Waals surface area contributed by atoms with Crippen molar-refractivity contribution in [2.45, 2.75) is 27.2 Å². The lowest BCUT2D eigenvalue weighted by atomic mass is 9.92. The number of aromatic carboxylic acids is 1. The Morgan fingerprint density at radius 2 is 0.943 bits per heavy atom. The zero-order valence-electron chi connectivity index (χ0n) is 19.7. The molecular formula is C27H27N3O5. The first-order valence-electron chi connectivity index (χ1n) is 11.0. The molecule has 0 saturated carbocycles. The molecule has 3 amide bonds. The van der Waals surface area contributed by atoms with Gasteiger partial charge in [-0.15, -0.1) is 0 Å². The van der Waals surface area contributed by atoms with Gasteiger partial charge in [-0.05, 0) is 78.2 Å². The SMILES string of the molecule is CC(C)(C)CC(=O)Nc1ccc(C(=O)Nc2ccc(C(=O)Nc3ccc(C(=O)O)cc3)cc2)cc1. The van der Waals surface area contributed by atoms with Crippen LogP contribution < -0.4 is 16.0 Å². The molecule has 4 N–H and O–H groups in total. The van der Waals surface area contributed by atoms with Crippen LogP contribution in [0.1, 0.15) is 58.3 Å². The molecular weight excluding hydrogens is 446 g/mol. The van der Waals surface area contributed by atoms with Crippen molar-refractivity contribution in [2.75, 3.05) is 16.0 Å². The fraction of sp³-hybridized carbons (Fsp3) is 0.185. The van der Waals surface area contributed by atoms with Crippen LogP contribution in [-0.4, -0.2) is 28.8 Å². The van der Waals surface area contributed by atoms with Crippen molar-refractivity contribution in [3.8, 4) is 0 Å². The molecule has 0 aliphatic carbocycles. The van der Waals surface area contributed by atoms with Gasteiger partial charge in [0.05, 0.1) is 5.56 Å². The summed E-state index contributed by atoms with van der Waals surface area (Å²) >= 11 is 0. The normalized spacial score (nSPS) is 10.8. The molecule has 8 nitrogen and oxygen atoms in total. The summed E-state index contributed by atoms with van der Waals surface area (Å²) in [6.45, 7) is 5.96. The quantitative estimate of drug-likeness (QED) is 0.372. The van der Waals surface area contributed by atoms with Crippen LogP contribution in [0.4, 0.5) is 17.1 Å². The molecule has 180 valence electrons. The molecule has 0 radical (unpaired) electrons. The van der Waals surface area contributed by atoms with Crippen molar-refractivity contribution in [1.29, 1.82) is 0 Å². The number of hydrogen-bond acceptors (Lipinski definition) is 4. The first-order chi connectivity index (χ1) is 16.5. The van der Waals surface area contributed by atoms with Crippen molar-refractivity contribution in [3.05, 3.63) is 89.5 Å². The Bertz CT molecular complexity index is 1230. The minimum absolute atomic E-state index is 0.0869. The first-order valence-corrected chi connectivity index (χ1v) is 11.0. The third-order valence-corrected chi connectivity index (χ3v) is 4.92. The summed E-state index contributed by atoms with van der Waals surface area (Å²) < 4.78 is 0. The third kappa shape index (κ3) is 7.53. The average Bonchev–Trinajstić information content (AvgIpc) is 2.79. The highest BCUT2D eigenvalue weighted by Crippen LogP contribution is 2.20. The monoisotopic (exact) mass is 473 g/mol. The number of hydrogen-bond donors (Lipinski definition) is 4. The predicted molar refractivity (Wildman–Crippen MR) is 135 cm³/mol. The average molecular weight is 474 g/mol. The van der Waals surface area contributed by atoms with Crippen LogP contribution >= 0.6 is 0 Å². The summed E-state index contributed by atoms with van der Waals surface area (Å²) in [6.07, 6.45) is 0.389. The van der Waals surface area contributed by atoms with Gasteiger partial charge in [0, 0.05) is 34.6 Å². The summed E-state index contributed by atoms with van der Waals surface area (Å²) in [7, 11) is 0. The maximum atomic E-state index is 12.6. The van der Waals surface area contributed by atoms with E-state index in [1.807, 2.05) is 20.8 Å². The van der Waals surface area contributed by atoms with E-state index in [9.17, 15) is 19.2 Å². The van der Waals surface area contributed by atoms with Crippen LogP contribution in [0, 0.1) is 5.41 Å². The molecule has 0 unspecified atom stereocenters. The molecule has 8 heteroatoms. The third-order valence-electron chi connectivity index (χ3n) is 4.92. The van der Waals surface area contributed by atoms with Gasteiger partial charge in [-0.2, -0.15) is 0 Å². The largest absolute Gasteiger partial charge is 0.478 e. The number of amides is 3. The Labute approximate surface area is 203 Å². The standard InChI is InChI=1S/C27H27N3O5/c1-27(2,3)16-23(31)28-20-10-4-17(5-11-20)24(32)29-21-12-6-18(7-13-21)25(33)30-22-14-8-19(9-15-22)26(34)35/h4-15H,16H2,1-3H3,(H,28,31)(H,29,32)(H,30,33)(H,34,35). The molecule has 0 aliphatic heterocycles. The van der Waals surface area contributed by atoms with Crippen molar-refractivity contribution < 1.29 is 24.3 Å². The van der Waals surface area contributed by atoms with E-state index in [1.165, 1.54) is 24.3 Å². The highest BCUT2D eigenvalue weighted by atomic mass is 16.4. The van der Waals surface area contributed by atoms with Crippen molar-refractivity contribution in [2.24, 2.45) is 5.41 Å². The molecule has 0 fully saturated rings. The van der Waals surface area contributed by atoms with Crippen molar-refractivity contribution in [3.63, 3.8) is 0 Å². The number of benzene rings is 3. The number of rotatable bonds is 7. The van der Waals surface area contributed by atoms with Gasteiger partial charge in [0.15, 0.2) is 0 Å². The molecule has 0 saturated heterocycles. The second-order valence-corrected chi connectivity index (χ2v) is 9.23. The molecule has 3 aromatic carbocycles.